The molecule has 5 heteroatoms. The molecule has 0 spiro atoms. The van der Waals surface area contributed by atoms with E-state index in [1.165, 1.54) is 12.8 Å². The monoisotopic (exact) mass is 291 g/mol. The number of amides is 1. The molecule has 114 valence electrons. The molecule has 1 saturated carbocycles. The van der Waals surface area contributed by atoms with E-state index in [0.29, 0.717) is 29.6 Å². The van der Waals surface area contributed by atoms with Gasteiger partial charge in [0.25, 0.3) is 5.91 Å². The number of nitrogens with one attached hydrogen (secondary N) is 1. The van der Waals surface area contributed by atoms with E-state index in [-0.39, 0.29) is 18.6 Å². The van der Waals surface area contributed by atoms with Crippen molar-refractivity contribution >= 4 is 12.2 Å². The molecule has 1 aliphatic carbocycles. The van der Waals surface area contributed by atoms with Crippen LogP contribution in [0.4, 0.5) is 0 Å². The Morgan fingerprint density at radius 3 is 2.76 bits per heavy atom. The molecule has 1 aromatic rings. The molecule has 0 aliphatic heterocycles. The van der Waals surface area contributed by atoms with Gasteiger partial charge in [0.05, 0.1) is 6.61 Å². The Morgan fingerprint density at radius 2 is 2.14 bits per heavy atom. The summed E-state index contributed by atoms with van der Waals surface area (Å²) < 4.78 is 10.9. The Hall–Kier alpha value is -2.04. The fraction of sp³-hybridized carbons (Fsp3) is 0.500. The quantitative estimate of drug-likeness (QED) is 0.746. The summed E-state index contributed by atoms with van der Waals surface area (Å²) in [6, 6.07) is 5.09. The van der Waals surface area contributed by atoms with Crippen LogP contribution in [0.2, 0.25) is 0 Å². The molecule has 21 heavy (non-hydrogen) atoms. The first-order chi connectivity index (χ1) is 10.1. The van der Waals surface area contributed by atoms with E-state index in [4.69, 9.17) is 9.47 Å². The minimum absolute atomic E-state index is 0.0580. The van der Waals surface area contributed by atoms with Gasteiger partial charge in [-0.2, -0.15) is 0 Å². The van der Waals surface area contributed by atoms with Gasteiger partial charge >= 0.3 is 0 Å². The highest BCUT2D eigenvalue weighted by Gasteiger charge is 2.28. The summed E-state index contributed by atoms with van der Waals surface area (Å²) in [6.07, 6.45) is 3.12. The largest absolute Gasteiger partial charge is 0.490 e. The number of carbonyl (C=O) groups excluding carboxylic acids is 2. The minimum Gasteiger partial charge on any atom is -0.490 e. The van der Waals surface area contributed by atoms with E-state index in [1.54, 1.807) is 18.2 Å². The Morgan fingerprint density at radius 1 is 1.38 bits per heavy atom. The molecule has 1 fully saturated rings. The van der Waals surface area contributed by atoms with Crippen LogP contribution in [0.3, 0.4) is 0 Å². The van der Waals surface area contributed by atoms with Crippen LogP contribution in [0.1, 0.15) is 37.0 Å². The Balaban J connectivity index is 1.91. The van der Waals surface area contributed by atoms with Gasteiger partial charge in [0, 0.05) is 11.6 Å². The lowest BCUT2D eigenvalue weighted by atomic mass is 10.2. The van der Waals surface area contributed by atoms with Gasteiger partial charge in [-0.3, -0.25) is 9.59 Å². The SMILES string of the molecule is CCOc1cc(C=O)ccc1OCC(=O)N[C@@H](C)C1CC1. The lowest BCUT2D eigenvalue weighted by Crippen LogP contribution is -2.37. The Labute approximate surface area is 124 Å². The third-order valence-electron chi connectivity index (χ3n) is 3.48. The van der Waals surface area contributed by atoms with Gasteiger partial charge in [0.2, 0.25) is 0 Å². The summed E-state index contributed by atoms with van der Waals surface area (Å²) in [5, 5.41) is 2.93. The molecule has 5 nitrogen and oxygen atoms in total. The number of ether oxygens (including phenoxy) is 2. The Bertz CT molecular complexity index is 511. The molecule has 0 unspecified atom stereocenters. The molecule has 0 saturated heterocycles. The van der Waals surface area contributed by atoms with Crippen LogP contribution in [0.25, 0.3) is 0 Å². The number of benzene rings is 1. The first-order valence-corrected chi connectivity index (χ1v) is 7.28. The van der Waals surface area contributed by atoms with Crippen LogP contribution in [-0.4, -0.2) is 31.4 Å². The summed E-state index contributed by atoms with van der Waals surface area (Å²) in [4.78, 5) is 22.6. The molecule has 1 N–H and O–H groups in total. The fourth-order valence-corrected chi connectivity index (χ4v) is 2.14. The van der Waals surface area contributed by atoms with Crippen molar-refractivity contribution in [3.8, 4) is 11.5 Å². The van der Waals surface area contributed by atoms with Crippen molar-refractivity contribution in [2.45, 2.75) is 32.7 Å². The lowest BCUT2D eigenvalue weighted by molar-refractivity contribution is -0.123. The highest BCUT2D eigenvalue weighted by molar-refractivity contribution is 5.78. The van der Waals surface area contributed by atoms with Gasteiger partial charge in [0.1, 0.15) is 6.29 Å². The normalized spacial score (nSPS) is 15.1. The summed E-state index contributed by atoms with van der Waals surface area (Å²) >= 11 is 0. The van der Waals surface area contributed by atoms with Crippen LogP contribution in [0.15, 0.2) is 18.2 Å². The van der Waals surface area contributed by atoms with Crippen molar-refractivity contribution in [2.24, 2.45) is 5.92 Å². The van der Waals surface area contributed by atoms with E-state index in [9.17, 15) is 9.59 Å². The van der Waals surface area contributed by atoms with Gasteiger partial charge < -0.3 is 14.8 Å². The van der Waals surface area contributed by atoms with Gasteiger partial charge in [-0.05, 0) is 50.8 Å². The van der Waals surface area contributed by atoms with E-state index in [2.05, 4.69) is 5.32 Å². The molecule has 2 rings (SSSR count). The number of hydrogen-bond acceptors (Lipinski definition) is 4. The van der Waals surface area contributed by atoms with E-state index in [1.807, 2.05) is 13.8 Å². The van der Waals surface area contributed by atoms with Gasteiger partial charge in [-0.15, -0.1) is 0 Å². The summed E-state index contributed by atoms with van der Waals surface area (Å²) in [6.45, 7) is 4.27. The molecule has 0 heterocycles. The van der Waals surface area contributed by atoms with E-state index < -0.39 is 0 Å². The molecule has 0 radical (unpaired) electrons. The van der Waals surface area contributed by atoms with Crippen molar-refractivity contribution in [3.05, 3.63) is 23.8 Å². The predicted octanol–water partition coefficient (Wildman–Crippen LogP) is 2.19. The number of aldehydes is 1. The zero-order valence-corrected chi connectivity index (χ0v) is 12.4. The van der Waals surface area contributed by atoms with Crippen LogP contribution in [0, 0.1) is 5.92 Å². The van der Waals surface area contributed by atoms with Crippen LogP contribution < -0.4 is 14.8 Å². The molecular weight excluding hydrogens is 270 g/mol. The maximum atomic E-state index is 11.8. The second-order valence-corrected chi connectivity index (χ2v) is 5.24. The summed E-state index contributed by atoms with van der Waals surface area (Å²) in [5.74, 6) is 1.41. The van der Waals surface area contributed by atoms with Gasteiger partial charge in [-0.1, -0.05) is 0 Å². The van der Waals surface area contributed by atoms with Gasteiger partial charge in [-0.25, -0.2) is 0 Å². The zero-order chi connectivity index (χ0) is 15.2. The molecule has 0 aromatic heterocycles. The maximum Gasteiger partial charge on any atom is 0.258 e. The van der Waals surface area contributed by atoms with Crippen molar-refractivity contribution in [1.82, 2.24) is 5.32 Å². The number of carbonyl (C=O) groups is 2. The highest BCUT2D eigenvalue weighted by Crippen LogP contribution is 2.32. The topological polar surface area (TPSA) is 64.6 Å². The predicted molar refractivity (Wildman–Crippen MR) is 78.8 cm³/mol. The van der Waals surface area contributed by atoms with E-state index >= 15 is 0 Å². The zero-order valence-electron chi connectivity index (χ0n) is 12.4. The average Bonchev–Trinajstić information content (AvgIpc) is 3.30. The molecular formula is C16H21NO4. The van der Waals surface area contributed by atoms with Crippen LogP contribution in [0.5, 0.6) is 11.5 Å². The average molecular weight is 291 g/mol. The number of rotatable bonds is 8. The van der Waals surface area contributed by atoms with Crippen LogP contribution >= 0.6 is 0 Å². The van der Waals surface area contributed by atoms with E-state index in [0.717, 1.165) is 6.29 Å². The molecule has 1 atom stereocenters. The first kappa shape index (κ1) is 15.4. The second-order valence-electron chi connectivity index (χ2n) is 5.24. The van der Waals surface area contributed by atoms with Crippen molar-refractivity contribution in [2.75, 3.05) is 13.2 Å². The third kappa shape index (κ3) is 4.48. The molecule has 0 bridgehead atoms. The first-order valence-electron chi connectivity index (χ1n) is 7.28. The molecule has 1 aromatic carbocycles. The fourth-order valence-electron chi connectivity index (χ4n) is 2.14. The highest BCUT2D eigenvalue weighted by atomic mass is 16.5. The summed E-state index contributed by atoms with van der Waals surface area (Å²) in [5.41, 5.74) is 0.512. The minimum atomic E-state index is -0.142. The summed E-state index contributed by atoms with van der Waals surface area (Å²) in [7, 11) is 0. The van der Waals surface area contributed by atoms with Crippen LogP contribution in [-0.2, 0) is 4.79 Å². The van der Waals surface area contributed by atoms with Crippen molar-refractivity contribution in [1.29, 1.82) is 0 Å². The second kappa shape index (κ2) is 7.11. The number of hydrogen-bond donors (Lipinski definition) is 1. The third-order valence-corrected chi connectivity index (χ3v) is 3.48. The Kier molecular flexibility index (Phi) is 5.20. The molecule has 1 amide bonds. The van der Waals surface area contributed by atoms with Crippen molar-refractivity contribution < 1.29 is 19.1 Å². The molecule has 1 aliphatic rings. The standard InChI is InChI=1S/C16H21NO4/c1-3-20-15-8-12(9-18)4-7-14(15)21-10-16(19)17-11(2)13-5-6-13/h4,7-9,11,13H,3,5-6,10H2,1-2H3,(H,17,19)/t11-/m0/s1. The smallest absolute Gasteiger partial charge is 0.258 e. The van der Waals surface area contributed by atoms with Gasteiger partial charge in [0.15, 0.2) is 18.1 Å². The van der Waals surface area contributed by atoms with Crippen molar-refractivity contribution in [3.63, 3.8) is 0 Å². The maximum absolute atomic E-state index is 11.8. The lowest BCUT2D eigenvalue weighted by Gasteiger charge is -2.15.